The van der Waals surface area contributed by atoms with Gasteiger partial charge >= 0.3 is 0 Å². The molecule has 0 saturated heterocycles. The largest absolute Gasteiger partial charge is 0.389 e. The molecule has 2 nitrogen and oxygen atoms in total. The summed E-state index contributed by atoms with van der Waals surface area (Å²) in [6.45, 7) is 6.03. The molecule has 0 bridgehead atoms. The Hall–Kier alpha value is -0.820. The predicted molar refractivity (Wildman–Crippen MR) is 101 cm³/mol. The normalized spacial score (nSPS) is 48.6. The highest BCUT2D eigenvalue weighted by Gasteiger charge is 2.63. The first-order valence-electron chi connectivity index (χ1n) is 10.5. The molecule has 0 aromatic heterocycles. The molecule has 0 heterocycles. The van der Waals surface area contributed by atoms with Crippen LogP contribution in [-0.4, -0.2) is 21.9 Å². The van der Waals surface area contributed by atoms with E-state index in [0.717, 1.165) is 56.8 Å². The molecule has 0 aliphatic heterocycles. The Balaban J connectivity index is 1.67. The van der Waals surface area contributed by atoms with Crippen LogP contribution in [0, 0.1) is 29.1 Å². The first-order valence-corrected chi connectivity index (χ1v) is 10.5. The molecular weight excluding hydrogens is 308 g/mol. The van der Waals surface area contributed by atoms with Gasteiger partial charge in [0.05, 0.1) is 11.7 Å². The summed E-state index contributed by atoms with van der Waals surface area (Å²) < 4.78 is 0. The monoisotopic (exact) mass is 342 g/mol. The summed E-state index contributed by atoms with van der Waals surface area (Å²) in [5.41, 5.74) is 3.82. The summed E-state index contributed by atoms with van der Waals surface area (Å²) in [4.78, 5) is 0. The Bertz CT molecular complexity index is 601. The molecule has 4 aliphatic rings. The van der Waals surface area contributed by atoms with Crippen molar-refractivity contribution in [1.82, 2.24) is 0 Å². The summed E-state index contributed by atoms with van der Waals surface area (Å²) >= 11 is 0. The van der Waals surface area contributed by atoms with Gasteiger partial charge in [-0.1, -0.05) is 31.6 Å². The minimum absolute atomic E-state index is 0.0446. The highest BCUT2D eigenvalue weighted by molar-refractivity contribution is 5.24. The molecule has 3 saturated carbocycles. The zero-order valence-corrected chi connectivity index (χ0v) is 15.7. The van der Waals surface area contributed by atoms with Gasteiger partial charge in [-0.25, -0.2) is 0 Å². The first-order chi connectivity index (χ1) is 12.0. The van der Waals surface area contributed by atoms with Crippen LogP contribution in [0.5, 0.6) is 0 Å². The fraction of sp³-hybridized carbons (Fsp3) is 0.783. The predicted octanol–water partition coefficient (Wildman–Crippen LogP) is 4.77. The van der Waals surface area contributed by atoms with Gasteiger partial charge in [0.25, 0.3) is 0 Å². The smallest absolute Gasteiger partial charge is 0.0959 e. The number of hydrogen-bond donors (Lipinski definition) is 2. The Morgan fingerprint density at radius 1 is 1.20 bits per heavy atom. The lowest BCUT2D eigenvalue weighted by Crippen LogP contribution is -2.53. The molecule has 138 valence electrons. The summed E-state index contributed by atoms with van der Waals surface area (Å²) in [5.74, 6) is 2.88. The van der Waals surface area contributed by atoms with Gasteiger partial charge in [-0.2, -0.15) is 0 Å². The number of aliphatic hydroxyl groups is 2. The topological polar surface area (TPSA) is 40.5 Å². The van der Waals surface area contributed by atoms with E-state index in [1.807, 2.05) is 6.08 Å². The molecule has 7 atom stereocenters. The van der Waals surface area contributed by atoms with Gasteiger partial charge in [0.15, 0.2) is 0 Å². The summed E-state index contributed by atoms with van der Waals surface area (Å²) in [6, 6.07) is 0. The lowest BCUT2D eigenvalue weighted by molar-refractivity contribution is -0.108. The average molecular weight is 343 g/mol. The van der Waals surface area contributed by atoms with Crippen molar-refractivity contribution in [2.75, 3.05) is 0 Å². The van der Waals surface area contributed by atoms with E-state index in [2.05, 4.69) is 25.3 Å². The van der Waals surface area contributed by atoms with Crippen LogP contribution in [0.4, 0.5) is 0 Å². The van der Waals surface area contributed by atoms with Crippen LogP contribution in [0.15, 0.2) is 30.0 Å². The molecule has 25 heavy (non-hydrogen) atoms. The van der Waals surface area contributed by atoms with Crippen LogP contribution >= 0.6 is 0 Å². The van der Waals surface area contributed by atoms with Gasteiger partial charge < -0.3 is 10.2 Å². The summed E-state index contributed by atoms with van der Waals surface area (Å²) in [6.07, 6.45) is 15.1. The van der Waals surface area contributed by atoms with Crippen LogP contribution in [0.25, 0.3) is 0 Å². The van der Waals surface area contributed by atoms with Crippen LogP contribution < -0.4 is 0 Å². The van der Waals surface area contributed by atoms with Crippen molar-refractivity contribution in [3.05, 3.63) is 30.0 Å². The summed E-state index contributed by atoms with van der Waals surface area (Å²) in [7, 11) is 0. The maximum Gasteiger partial charge on any atom is 0.0959 e. The third-order valence-corrected chi connectivity index (χ3v) is 8.38. The van der Waals surface area contributed by atoms with Crippen molar-refractivity contribution in [3.63, 3.8) is 0 Å². The van der Waals surface area contributed by atoms with Crippen molar-refractivity contribution < 1.29 is 10.2 Å². The maximum atomic E-state index is 11.5. The third-order valence-electron chi connectivity index (χ3n) is 8.38. The molecular formula is C23H34O2. The Labute approximate surface area is 152 Å². The Morgan fingerprint density at radius 3 is 2.80 bits per heavy atom. The van der Waals surface area contributed by atoms with Crippen molar-refractivity contribution in [2.45, 2.75) is 82.8 Å². The molecule has 2 heteroatoms. The van der Waals surface area contributed by atoms with Crippen LogP contribution in [-0.2, 0) is 0 Å². The molecule has 0 amide bonds. The van der Waals surface area contributed by atoms with Gasteiger partial charge in [0.1, 0.15) is 0 Å². The molecule has 4 rings (SSSR count). The van der Waals surface area contributed by atoms with Crippen molar-refractivity contribution in [3.8, 4) is 0 Å². The molecule has 4 aliphatic carbocycles. The highest BCUT2D eigenvalue weighted by Crippen LogP contribution is 2.66. The SMILES string of the molecule is C=C=C[C@]1(O)CC[C@H]2[C@@H]3CCC4=C[C@@H](O)CC[C@@H]4[C@H]3CCC21CCC. The van der Waals surface area contributed by atoms with Gasteiger partial charge in [0, 0.05) is 5.41 Å². The summed E-state index contributed by atoms with van der Waals surface area (Å²) in [5, 5.41) is 21.5. The van der Waals surface area contributed by atoms with E-state index in [9.17, 15) is 10.2 Å². The third kappa shape index (κ3) is 2.52. The van der Waals surface area contributed by atoms with Crippen molar-refractivity contribution >= 4 is 0 Å². The minimum Gasteiger partial charge on any atom is -0.389 e. The van der Waals surface area contributed by atoms with E-state index >= 15 is 0 Å². The van der Waals surface area contributed by atoms with E-state index < -0.39 is 5.60 Å². The van der Waals surface area contributed by atoms with Gasteiger partial charge in [-0.15, -0.1) is 5.73 Å². The Kier molecular flexibility index (Phi) is 4.51. The molecule has 3 fully saturated rings. The second kappa shape index (κ2) is 6.41. The molecule has 2 N–H and O–H groups in total. The second-order valence-corrected chi connectivity index (χ2v) is 9.22. The molecule has 0 aromatic carbocycles. The van der Waals surface area contributed by atoms with Crippen molar-refractivity contribution in [1.29, 1.82) is 0 Å². The fourth-order valence-corrected chi connectivity index (χ4v) is 7.54. The number of rotatable bonds is 3. The van der Waals surface area contributed by atoms with Crippen molar-refractivity contribution in [2.24, 2.45) is 29.1 Å². The van der Waals surface area contributed by atoms with Gasteiger partial charge in [-0.05, 0) is 87.5 Å². The maximum absolute atomic E-state index is 11.5. The zero-order chi connectivity index (χ0) is 17.7. The van der Waals surface area contributed by atoms with Crippen LogP contribution in [0.3, 0.4) is 0 Å². The quantitative estimate of drug-likeness (QED) is 0.573. The number of allylic oxidation sites excluding steroid dienone is 1. The van der Waals surface area contributed by atoms with E-state index in [-0.39, 0.29) is 11.5 Å². The van der Waals surface area contributed by atoms with Crippen LogP contribution in [0.2, 0.25) is 0 Å². The second-order valence-electron chi connectivity index (χ2n) is 9.22. The Morgan fingerprint density at radius 2 is 2.04 bits per heavy atom. The first kappa shape index (κ1) is 17.6. The van der Waals surface area contributed by atoms with E-state index in [0.29, 0.717) is 11.8 Å². The molecule has 0 radical (unpaired) electrons. The lowest BCUT2D eigenvalue weighted by Gasteiger charge is -2.56. The van der Waals surface area contributed by atoms with Crippen LogP contribution in [0.1, 0.15) is 71.1 Å². The molecule has 0 spiro atoms. The highest BCUT2D eigenvalue weighted by atomic mass is 16.3. The van der Waals surface area contributed by atoms with E-state index in [1.54, 1.807) is 5.57 Å². The number of aliphatic hydroxyl groups excluding tert-OH is 1. The minimum atomic E-state index is -0.695. The molecule has 1 unspecified atom stereocenters. The standard InChI is InChI=1S/C23H34O2/c1-3-11-22-13-9-19-18-8-6-17(24)15-16(18)5-7-20(19)21(22)10-14-23(22,25)12-4-2/h12,15,17-21,24-25H,2-3,5-11,13-14H2,1H3/t17-,18-,19+,20+,21-,22?,23-/m0/s1. The van der Waals surface area contributed by atoms with Gasteiger partial charge in [-0.3, -0.25) is 0 Å². The van der Waals surface area contributed by atoms with Gasteiger partial charge in [0.2, 0.25) is 0 Å². The van der Waals surface area contributed by atoms with E-state index in [1.165, 1.54) is 19.3 Å². The molecule has 0 aromatic rings. The lowest BCUT2D eigenvalue weighted by atomic mass is 9.49. The zero-order valence-electron chi connectivity index (χ0n) is 15.7. The number of fused-ring (bicyclic) bond motifs is 5. The number of hydrogen-bond acceptors (Lipinski definition) is 2. The fourth-order valence-electron chi connectivity index (χ4n) is 7.54. The average Bonchev–Trinajstić information content (AvgIpc) is 2.88. The van der Waals surface area contributed by atoms with E-state index in [4.69, 9.17) is 0 Å².